The van der Waals surface area contributed by atoms with E-state index in [4.69, 9.17) is 0 Å². The standard InChI is InChI=1S/C13H26N2/c1-3-12-10-15(9-5-8-14-12)11-13(4-2)6-7-13/h12,14H,3-11H2,1-2H3. The van der Waals surface area contributed by atoms with Crippen LogP contribution >= 0.6 is 0 Å². The molecule has 2 rings (SSSR count). The molecule has 0 spiro atoms. The summed E-state index contributed by atoms with van der Waals surface area (Å²) in [6, 6.07) is 0.736. The lowest BCUT2D eigenvalue weighted by Crippen LogP contribution is -2.39. The molecule has 0 amide bonds. The molecule has 2 heteroatoms. The molecule has 0 aromatic rings. The zero-order valence-electron chi connectivity index (χ0n) is 10.4. The normalized spacial score (nSPS) is 31.2. The molecule has 1 N–H and O–H groups in total. The monoisotopic (exact) mass is 210 g/mol. The summed E-state index contributed by atoms with van der Waals surface area (Å²) in [5, 5.41) is 3.64. The van der Waals surface area contributed by atoms with Gasteiger partial charge in [0.15, 0.2) is 0 Å². The van der Waals surface area contributed by atoms with Crippen LogP contribution in [-0.2, 0) is 0 Å². The minimum atomic E-state index is 0.725. The number of hydrogen-bond acceptors (Lipinski definition) is 2. The van der Waals surface area contributed by atoms with Gasteiger partial charge in [-0.1, -0.05) is 13.8 Å². The van der Waals surface area contributed by atoms with Gasteiger partial charge in [-0.25, -0.2) is 0 Å². The van der Waals surface area contributed by atoms with E-state index in [2.05, 4.69) is 24.1 Å². The molecule has 0 radical (unpaired) electrons. The molecular weight excluding hydrogens is 184 g/mol. The topological polar surface area (TPSA) is 15.3 Å². The smallest absolute Gasteiger partial charge is 0.0192 e. The molecule has 0 aromatic carbocycles. The predicted molar refractivity (Wildman–Crippen MR) is 65.1 cm³/mol. The highest BCUT2D eigenvalue weighted by atomic mass is 15.2. The second-order valence-corrected chi connectivity index (χ2v) is 5.50. The van der Waals surface area contributed by atoms with Crippen molar-refractivity contribution in [1.82, 2.24) is 10.2 Å². The SMILES string of the molecule is CCC1CN(CC2(CC)CC2)CCCN1. The van der Waals surface area contributed by atoms with E-state index in [1.54, 1.807) is 0 Å². The molecule has 1 atom stereocenters. The van der Waals surface area contributed by atoms with Crippen molar-refractivity contribution >= 4 is 0 Å². The average molecular weight is 210 g/mol. The predicted octanol–water partition coefficient (Wildman–Crippen LogP) is 2.25. The van der Waals surface area contributed by atoms with Gasteiger partial charge in [0, 0.05) is 19.1 Å². The quantitative estimate of drug-likeness (QED) is 0.765. The van der Waals surface area contributed by atoms with Crippen molar-refractivity contribution in [3.63, 3.8) is 0 Å². The summed E-state index contributed by atoms with van der Waals surface area (Å²) >= 11 is 0. The summed E-state index contributed by atoms with van der Waals surface area (Å²) in [5.74, 6) is 0. The Bertz CT molecular complexity index is 199. The minimum absolute atomic E-state index is 0.725. The molecule has 15 heavy (non-hydrogen) atoms. The second-order valence-electron chi connectivity index (χ2n) is 5.50. The van der Waals surface area contributed by atoms with Gasteiger partial charge >= 0.3 is 0 Å². The molecule has 0 aromatic heterocycles. The summed E-state index contributed by atoms with van der Waals surface area (Å²) in [5.41, 5.74) is 0.725. The fourth-order valence-corrected chi connectivity index (χ4v) is 2.77. The van der Waals surface area contributed by atoms with E-state index in [-0.39, 0.29) is 0 Å². The van der Waals surface area contributed by atoms with Crippen molar-refractivity contribution in [2.24, 2.45) is 5.41 Å². The molecule has 2 fully saturated rings. The molecule has 1 heterocycles. The number of nitrogens with one attached hydrogen (secondary N) is 1. The Hall–Kier alpha value is -0.0800. The zero-order valence-corrected chi connectivity index (χ0v) is 10.4. The Labute approximate surface area is 94.4 Å². The maximum Gasteiger partial charge on any atom is 0.0192 e. The molecule has 1 aliphatic heterocycles. The minimum Gasteiger partial charge on any atom is -0.313 e. The van der Waals surface area contributed by atoms with E-state index in [0.29, 0.717) is 0 Å². The fourth-order valence-electron chi connectivity index (χ4n) is 2.77. The highest BCUT2D eigenvalue weighted by molar-refractivity contribution is 4.95. The summed E-state index contributed by atoms with van der Waals surface area (Å²) in [6.07, 6.45) is 6.94. The van der Waals surface area contributed by atoms with Crippen molar-refractivity contribution in [2.45, 2.75) is 52.0 Å². The second kappa shape index (κ2) is 4.84. The summed E-state index contributed by atoms with van der Waals surface area (Å²) in [7, 11) is 0. The van der Waals surface area contributed by atoms with Gasteiger partial charge in [0.2, 0.25) is 0 Å². The third-order valence-corrected chi connectivity index (χ3v) is 4.32. The van der Waals surface area contributed by atoms with E-state index in [1.165, 1.54) is 58.3 Å². The zero-order chi connectivity index (χ0) is 10.7. The first-order valence-electron chi connectivity index (χ1n) is 6.74. The van der Waals surface area contributed by atoms with E-state index in [0.717, 1.165) is 11.5 Å². The average Bonchev–Trinajstić information content (AvgIpc) is 3.04. The number of rotatable bonds is 4. The van der Waals surface area contributed by atoms with Crippen LogP contribution in [-0.4, -0.2) is 37.1 Å². The molecule has 1 saturated carbocycles. The highest BCUT2D eigenvalue weighted by Crippen LogP contribution is 2.49. The van der Waals surface area contributed by atoms with Crippen LogP contribution in [0.15, 0.2) is 0 Å². The number of hydrogen-bond donors (Lipinski definition) is 1. The third-order valence-electron chi connectivity index (χ3n) is 4.32. The van der Waals surface area contributed by atoms with Gasteiger partial charge < -0.3 is 10.2 Å². The number of nitrogens with zero attached hydrogens (tertiary/aromatic N) is 1. The Balaban J connectivity index is 1.84. The molecule has 2 nitrogen and oxygen atoms in total. The van der Waals surface area contributed by atoms with Gasteiger partial charge in [-0.05, 0) is 50.6 Å². The first kappa shape index (κ1) is 11.4. The lowest BCUT2D eigenvalue weighted by atomic mass is 10.0. The van der Waals surface area contributed by atoms with Crippen molar-refractivity contribution < 1.29 is 0 Å². The van der Waals surface area contributed by atoms with Crippen molar-refractivity contribution in [3.05, 3.63) is 0 Å². The van der Waals surface area contributed by atoms with Crippen LogP contribution in [0.5, 0.6) is 0 Å². The van der Waals surface area contributed by atoms with E-state index < -0.39 is 0 Å². The molecule has 1 aliphatic carbocycles. The largest absolute Gasteiger partial charge is 0.313 e. The van der Waals surface area contributed by atoms with Gasteiger partial charge in [0.1, 0.15) is 0 Å². The van der Waals surface area contributed by atoms with Gasteiger partial charge in [-0.2, -0.15) is 0 Å². The van der Waals surface area contributed by atoms with Crippen molar-refractivity contribution in [1.29, 1.82) is 0 Å². The Morgan fingerprint density at radius 1 is 1.33 bits per heavy atom. The molecule has 88 valence electrons. The first-order valence-corrected chi connectivity index (χ1v) is 6.74. The summed E-state index contributed by atoms with van der Waals surface area (Å²) in [4.78, 5) is 2.71. The van der Waals surface area contributed by atoms with Gasteiger partial charge in [-0.15, -0.1) is 0 Å². The van der Waals surface area contributed by atoms with Crippen LogP contribution in [0.4, 0.5) is 0 Å². The van der Waals surface area contributed by atoms with Crippen LogP contribution < -0.4 is 5.32 Å². The lowest BCUT2D eigenvalue weighted by Gasteiger charge is -2.27. The molecule has 1 saturated heterocycles. The maximum atomic E-state index is 3.64. The van der Waals surface area contributed by atoms with Gasteiger partial charge in [0.25, 0.3) is 0 Å². The van der Waals surface area contributed by atoms with Gasteiger partial charge in [0.05, 0.1) is 0 Å². The summed E-state index contributed by atoms with van der Waals surface area (Å²) < 4.78 is 0. The Morgan fingerprint density at radius 3 is 2.73 bits per heavy atom. The van der Waals surface area contributed by atoms with E-state index >= 15 is 0 Å². The molecular formula is C13H26N2. The maximum absolute atomic E-state index is 3.64. The third kappa shape index (κ3) is 2.94. The molecule has 1 unspecified atom stereocenters. The fraction of sp³-hybridized carbons (Fsp3) is 1.00. The van der Waals surface area contributed by atoms with Crippen LogP contribution in [0.3, 0.4) is 0 Å². The van der Waals surface area contributed by atoms with Crippen LogP contribution in [0.25, 0.3) is 0 Å². The van der Waals surface area contributed by atoms with Crippen LogP contribution in [0, 0.1) is 5.41 Å². The summed E-state index contributed by atoms with van der Waals surface area (Å²) in [6.45, 7) is 9.83. The van der Waals surface area contributed by atoms with Gasteiger partial charge in [-0.3, -0.25) is 0 Å². The highest BCUT2D eigenvalue weighted by Gasteiger charge is 2.42. The lowest BCUT2D eigenvalue weighted by molar-refractivity contribution is 0.210. The van der Waals surface area contributed by atoms with E-state index in [1.807, 2.05) is 0 Å². The van der Waals surface area contributed by atoms with Crippen LogP contribution in [0.1, 0.15) is 46.0 Å². The van der Waals surface area contributed by atoms with E-state index in [9.17, 15) is 0 Å². The molecule has 0 bridgehead atoms. The first-order chi connectivity index (χ1) is 7.28. The van der Waals surface area contributed by atoms with Crippen molar-refractivity contribution in [3.8, 4) is 0 Å². The Kier molecular flexibility index (Phi) is 3.68. The van der Waals surface area contributed by atoms with Crippen LogP contribution in [0.2, 0.25) is 0 Å². The molecule has 2 aliphatic rings. The Morgan fingerprint density at radius 2 is 2.13 bits per heavy atom. The van der Waals surface area contributed by atoms with Crippen molar-refractivity contribution in [2.75, 3.05) is 26.2 Å².